The first-order valence-electron chi connectivity index (χ1n) is 6.59. The lowest BCUT2D eigenvalue weighted by Gasteiger charge is -2.07. The van der Waals surface area contributed by atoms with Crippen LogP contribution in [0.3, 0.4) is 0 Å². The highest BCUT2D eigenvalue weighted by Gasteiger charge is 2.23. The highest BCUT2D eigenvalue weighted by atomic mass is 15.3. The van der Waals surface area contributed by atoms with Gasteiger partial charge in [-0.3, -0.25) is 4.68 Å². The lowest BCUT2D eigenvalue weighted by atomic mass is 10.1. The summed E-state index contributed by atoms with van der Waals surface area (Å²) in [5.74, 6) is 0.835. The lowest BCUT2D eigenvalue weighted by Crippen LogP contribution is -2.15. The van der Waals surface area contributed by atoms with E-state index in [0.29, 0.717) is 0 Å². The third kappa shape index (κ3) is 2.62. The average Bonchev–Trinajstić information content (AvgIpc) is 3.15. The molecule has 1 heterocycles. The van der Waals surface area contributed by atoms with E-state index in [9.17, 15) is 0 Å². The quantitative estimate of drug-likeness (QED) is 0.872. The monoisotopic (exact) mass is 241 g/mol. The van der Waals surface area contributed by atoms with Crippen molar-refractivity contribution in [1.29, 1.82) is 0 Å². The molecule has 2 aromatic rings. The minimum Gasteiger partial charge on any atom is -0.307 e. The number of aromatic nitrogens is 2. The van der Waals surface area contributed by atoms with E-state index in [1.54, 1.807) is 0 Å². The zero-order valence-corrected chi connectivity index (χ0v) is 10.8. The number of hydrogen-bond acceptors (Lipinski definition) is 2. The van der Waals surface area contributed by atoms with Gasteiger partial charge < -0.3 is 5.32 Å². The van der Waals surface area contributed by atoms with Gasteiger partial charge in [-0.05, 0) is 36.0 Å². The molecule has 94 valence electrons. The van der Waals surface area contributed by atoms with Crippen LogP contribution in [0.2, 0.25) is 0 Å². The lowest BCUT2D eigenvalue weighted by molar-refractivity contribution is 0.626. The number of aryl methyl sites for hydroxylation is 1. The Hall–Kier alpha value is -1.61. The highest BCUT2D eigenvalue weighted by molar-refractivity contribution is 5.29. The van der Waals surface area contributed by atoms with Crippen molar-refractivity contribution in [3.63, 3.8) is 0 Å². The van der Waals surface area contributed by atoms with Crippen molar-refractivity contribution in [1.82, 2.24) is 15.1 Å². The molecule has 3 nitrogen and oxygen atoms in total. The Balaban J connectivity index is 1.56. The second-order valence-electron chi connectivity index (χ2n) is 5.07. The van der Waals surface area contributed by atoms with Crippen molar-refractivity contribution < 1.29 is 0 Å². The van der Waals surface area contributed by atoms with Gasteiger partial charge in [-0.2, -0.15) is 5.10 Å². The molecule has 0 aliphatic heterocycles. The van der Waals surface area contributed by atoms with E-state index in [1.807, 2.05) is 24.0 Å². The predicted octanol–water partition coefficient (Wildman–Crippen LogP) is 2.59. The molecular weight excluding hydrogens is 222 g/mol. The Morgan fingerprint density at radius 3 is 2.89 bits per heavy atom. The molecule has 18 heavy (non-hydrogen) atoms. The number of hydrogen-bond donors (Lipinski definition) is 1. The summed E-state index contributed by atoms with van der Waals surface area (Å²) >= 11 is 0. The van der Waals surface area contributed by atoms with Gasteiger partial charge in [0.1, 0.15) is 0 Å². The third-order valence-electron chi connectivity index (χ3n) is 3.56. The fourth-order valence-corrected chi connectivity index (χ4v) is 2.28. The van der Waals surface area contributed by atoms with Gasteiger partial charge in [0.25, 0.3) is 0 Å². The summed E-state index contributed by atoms with van der Waals surface area (Å²) in [5.41, 5.74) is 4.10. The van der Waals surface area contributed by atoms with E-state index in [1.165, 1.54) is 29.7 Å². The SMILES string of the molecule is Cn1nccc1CNCc1cccc(C2CC2)c1. The molecule has 1 fully saturated rings. The number of nitrogens with zero attached hydrogens (tertiary/aromatic N) is 2. The largest absolute Gasteiger partial charge is 0.307 e. The zero-order valence-electron chi connectivity index (χ0n) is 10.8. The Labute approximate surface area is 108 Å². The van der Waals surface area contributed by atoms with Crippen LogP contribution in [0.1, 0.15) is 35.6 Å². The van der Waals surface area contributed by atoms with Crippen LogP contribution in [0.25, 0.3) is 0 Å². The van der Waals surface area contributed by atoms with Crippen molar-refractivity contribution in [3.05, 3.63) is 53.3 Å². The Bertz CT molecular complexity index is 526. The van der Waals surface area contributed by atoms with Crippen LogP contribution < -0.4 is 5.32 Å². The maximum Gasteiger partial charge on any atom is 0.0518 e. The summed E-state index contributed by atoms with van der Waals surface area (Å²) in [5, 5.41) is 7.64. The van der Waals surface area contributed by atoms with E-state index in [0.717, 1.165) is 19.0 Å². The molecule has 3 heteroatoms. The summed E-state index contributed by atoms with van der Waals surface area (Å²) in [4.78, 5) is 0. The molecule has 0 spiro atoms. The summed E-state index contributed by atoms with van der Waals surface area (Å²) in [7, 11) is 1.98. The van der Waals surface area contributed by atoms with Crippen LogP contribution in [-0.2, 0) is 20.1 Å². The number of benzene rings is 1. The van der Waals surface area contributed by atoms with Gasteiger partial charge >= 0.3 is 0 Å². The second kappa shape index (κ2) is 4.94. The van der Waals surface area contributed by atoms with Gasteiger partial charge in [0.15, 0.2) is 0 Å². The molecule has 1 saturated carbocycles. The Kier molecular flexibility index (Phi) is 3.15. The van der Waals surface area contributed by atoms with Gasteiger partial charge in [0.2, 0.25) is 0 Å². The Morgan fingerprint density at radius 1 is 1.28 bits per heavy atom. The van der Waals surface area contributed by atoms with Crippen molar-refractivity contribution in [2.24, 2.45) is 7.05 Å². The fraction of sp³-hybridized carbons (Fsp3) is 0.400. The van der Waals surface area contributed by atoms with Crippen LogP contribution in [0, 0.1) is 0 Å². The fourth-order valence-electron chi connectivity index (χ4n) is 2.28. The van der Waals surface area contributed by atoms with Crippen molar-refractivity contribution >= 4 is 0 Å². The molecule has 0 unspecified atom stereocenters. The van der Waals surface area contributed by atoms with Crippen molar-refractivity contribution in [3.8, 4) is 0 Å². The number of nitrogens with one attached hydrogen (secondary N) is 1. The standard InChI is InChI=1S/C15H19N3/c1-18-15(7-8-17-18)11-16-10-12-3-2-4-14(9-12)13-5-6-13/h2-4,7-9,13,16H,5-6,10-11H2,1H3. The highest BCUT2D eigenvalue weighted by Crippen LogP contribution is 2.40. The smallest absolute Gasteiger partial charge is 0.0518 e. The third-order valence-corrected chi connectivity index (χ3v) is 3.56. The molecule has 3 rings (SSSR count). The maximum absolute atomic E-state index is 4.16. The molecular formula is C15H19N3. The van der Waals surface area contributed by atoms with Crippen LogP contribution >= 0.6 is 0 Å². The molecule has 1 aromatic heterocycles. The average molecular weight is 241 g/mol. The normalized spacial score (nSPS) is 14.9. The van der Waals surface area contributed by atoms with E-state index in [2.05, 4.69) is 34.7 Å². The second-order valence-corrected chi connectivity index (χ2v) is 5.07. The zero-order chi connectivity index (χ0) is 12.4. The topological polar surface area (TPSA) is 29.9 Å². The van der Waals surface area contributed by atoms with Gasteiger partial charge in [-0.25, -0.2) is 0 Å². The molecule has 0 bridgehead atoms. The first kappa shape index (κ1) is 11.5. The predicted molar refractivity (Wildman–Crippen MR) is 72.2 cm³/mol. The van der Waals surface area contributed by atoms with Crippen molar-refractivity contribution in [2.75, 3.05) is 0 Å². The van der Waals surface area contributed by atoms with E-state index in [4.69, 9.17) is 0 Å². The molecule has 0 amide bonds. The summed E-state index contributed by atoms with van der Waals surface area (Å²) in [6, 6.07) is 11.0. The molecule has 1 aliphatic rings. The van der Waals surface area contributed by atoms with E-state index in [-0.39, 0.29) is 0 Å². The maximum atomic E-state index is 4.16. The van der Waals surface area contributed by atoms with Crippen LogP contribution in [0.4, 0.5) is 0 Å². The van der Waals surface area contributed by atoms with Gasteiger partial charge in [-0.1, -0.05) is 24.3 Å². The van der Waals surface area contributed by atoms with E-state index < -0.39 is 0 Å². The van der Waals surface area contributed by atoms with Gasteiger partial charge in [-0.15, -0.1) is 0 Å². The number of rotatable bonds is 5. The summed E-state index contributed by atoms with van der Waals surface area (Å²) in [6.07, 6.45) is 4.57. The minimum atomic E-state index is 0.835. The first-order chi connectivity index (χ1) is 8.83. The first-order valence-corrected chi connectivity index (χ1v) is 6.59. The van der Waals surface area contributed by atoms with Crippen molar-refractivity contribution in [2.45, 2.75) is 31.8 Å². The minimum absolute atomic E-state index is 0.835. The van der Waals surface area contributed by atoms with Gasteiger partial charge in [0, 0.05) is 26.3 Å². The Morgan fingerprint density at radius 2 is 2.17 bits per heavy atom. The van der Waals surface area contributed by atoms with Crippen LogP contribution in [-0.4, -0.2) is 9.78 Å². The summed E-state index contributed by atoms with van der Waals surface area (Å²) in [6.45, 7) is 1.79. The molecule has 0 saturated heterocycles. The molecule has 1 aliphatic carbocycles. The molecule has 0 atom stereocenters. The van der Waals surface area contributed by atoms with Crippen LogP contribution in [0.15, 0.2) is 36.5 Å². The van der Waals surface area contributed by atoms with E-state index >= 15 is 0 Å². The van der Waals surface area contributed by atoms with Crippen LogP contribution in [0.5, 0.6) is 0 Å². The summed E-state index contributed by atoms with van der Waals surface area (Å²) < 4.78 is 1.91. The molecule has 1 N–H and O–H groups in total. The molecule has 0 radical (unpaired) electrons. The molecule has 1 aromatic carbocycles. The van der Waals surface area contributed by atoms with Gasteiger partial charge in [0.05, 0.1) is 5.69 Å².